The number of hydrogen-bond acceptors (Lipinski definition) is 1. The first-order valence-corrected chi connectivity index (χ1v) is 4.66. The highest BCUT2D eigenvalue weighted by Gasteiger charge is 2.09. The monoisotopic (exact) mass is 185 g/mol. The Hall–Kier alpha value is -1.77. The zero-order chi connectivity index (χ0) is 9.71. The Labute approximate surface area is 81.6 Å². The van der Waals surface area contributed by atoms with E-state index in [4.69, 9.17) is 0 Å². The number of hydrogen-bond donors (Lipinski definition) is 0. The fourth-order valence-electron chi connectivity index (χ4n) is 2.08. The molecule has 0 saturated carbocycles. The standard InChI is InChI=1S/C11H11N3/c1-8-11-13(2)9-5-3-4-6-10(9)14(11)7-12-8/h3-7H,1-2H3. The minimum absolute atomic E-state index is 1.07. The number of nitrogens with zero attached hydrogens (tertiary/aromatic N) is 3. The van der Waals surface area contributed by atoms with Crippen LogP contribution >= 0.6 is 0 Å². The van der Waals surface area contributed by atoms with Crippen LogP contribution in [0, 0.1) is 6.92 Å². The molecule has 3 nitrogen and oxygen atoms in total. The van der Waals surface area contributed by atoms with Crippen LogP contribution in [0.5, 0.6) is 0 Å². The summed E-state index contributed by atoms with van der Waals surface area (Å²) in [6.07, 6.45) is 1.88. The Morgan fingerprint density at radius 1 is 1.14 bits per heavy atom. The summed E-state index contributed by atoms with van der Waals surface area (Å²) in [5.41, 5.74) is 4.70. The van der Waals surface area contributed by atoms with Gasteiger partial charge in [-0.15, -0.1) is 0 Å². The van der Waals surface area contributed by atoms with Gasteiger partial charge >= 0.3 is 0 Å². The molecule has 0 amide bonds. The van der Waals surface area contributed by atoms with Gasteiger partial charge in [-0.3, -0.25) is 4.40 Å². The molecule has 3 aromatic rings. The Kier molecular flexibility index (Phi) is 1.29. The van der Waals surface area contributed by atoms with E-state index >= 15 is 0 Å². The summed E-state index contributed by atoms with van der Waals surface area (Å²) in [5.74, 6) is 0. The molecule has 0 radical (unpaired) electrons. The van der Waals surface area contributed by atoms with Crippen molar-refractivity contribution in [2.75, 3.05) is 0 Å². The SMILES string of the molecule is Cc1ncn2c3ccccc3n(C)c12. The molecule has 0 bridgehead atoms. The number of benzene rings is 1. The van der Waals surface area contributed by atoms with Crippen molar-refractivity contribution in [1.29, 1.82) is 0 Å². The molecule has 0 N–H and O–H groups in total. The van der Waals surface area contributed by atoms with Crippen LogP contribution in [0.3, 0.4) is 0 Å². The van der Waals surface area contributed by atoms with E-state index in [1.807, 2.05) is 13.3 Å². The highest BCUT2D eigenvalue weighted by Crippen LogP contribution is 2.20. The minimum Gasteiger partial charge on any atom is -0.327 e. The van der Waals surface area contributed by atoms with Crippen LogP contribution in [0.1, 0.15) is 5.69 Å². The molecule has 0 aliphatic heterocycles. The largest absolute Gasteiger partial charge is 0.327 e. The van der Waals surface area contributed by atoms with Crippen molar-refractivity contribution in [3.63, 3.8) is 0 Å². The second-order valence-electron chi connectivity index (χ2n) is 3.57. The van der Waals surface area contributed by atoms with Gasteiger partial charge in [0.15, 0.2) is 0 Å². The van der Waals surface area contributed by atoms with Gasteiger partial charge in [0.25, 0.3) is 0 Å². The third-order valence-corrected chi connectivity index (χ3v) is 2.74. The number of aromatic nitrogens is 3. The Morgan fingerprint density at radius 3 is 2.64 bits per heavy atom. The first-order chi connectivity index (χ1) is 6.79. The van der Waals surface area contributed by atoms with Gasteiger partial charge in [0, 0.05) is 7.05 Å². The molecule has 2 heterocycles. The predicted molar refractivity (Wildman–Crippen MR) is 56.4 cm³/mol. The summed E-state index contributed by atoms with van der Waals surface area (Å²) in [7, 11) is 2.08. The number of rotatable bonds is 0. The maximum atomic E-state index is 4.31. The molecule has 1 aromatic carbocycles. The lowest BCUT2D eigenvalue weighted by molar-refractivity contribution is 0.987. The van der Waals surface area contributed by atoms with Crippen LogP contribution in [0.4, 0.5) is 0 Å². The van der Waals surface area contributed by atoms with Crippen molar-refractivity contribution in [3.8, 4) is 0 Å². The van der Waals surface area contributed by atoms with Crippen LogP contribution in [0.25, 0.3) is 16.7 Å². The molecule has 3 rings (SSSR count). The zero-order valence-corrected chi connectivity index (χ0v) is 8.23. The lowest BCUT2D eigenvalue weighted by atomic mass is 10.3. The lowest BCUT2D eigenvalue weighted by Crippen LogP contribution is -1.88. The van der Waals surface area contributed by atoms with E-state index in [0.717, 1.165) is 5.69 Å². The third kappa shape index (κ3) is 0.744. The second kappa shape index (κ2) is 2.38. The summed E-state index contributed by atoms with van der Waals surface area (Å²) >= 11 is 0. The van der Waals surface area contributed by atoms with E-state index in [1.54, 1.807) is 0 Å². The molecular weight excluding hydrogens is 174 g/mol. The highest BCUT2D eigenvalue weighted by molar-refractivity contribution is 5.82. The van der Waals surface area contributed by atoms with E-state index in [9.17, 15) is 0 Å². The first kappa shape index (κ1) is 7.62. The quantitative estimate of drug-likeness (QED) is 0.526. The van der Waals surface area contributed by atoms with Gasteiger partial charge in [0.05, 0.1) is 16.7 Å². The number of fused-ring (bicyclic) bond motifs is 3. The smallest absolute Gasteiger partial charge is 0.140 e. The molecule has 0 unspecified atom stereocenters. The molecule has 70 valence electrons. The van der Waals surface area contributed by atoms with Crippen molar-refractivity contribution in [2.45, 2.75) is 6.92 Å². The highest BCUT2D eigenvalue weighted by atomic mass is 15.1. The van der Waals surface area contributed by atoms with Gasteiger partial charge in [-0.05, 0) is 19.1 Å². The summed E-state index contributed by atoms with van der Waals surface area (Å²) in [5, 5.41) is 0. The van der Waals surface area contributed by atoms with Crippen molar-refractivity contribution in [1.82, 2.24) is 14.0 Å². The van der Waals surface area contributed by atoms with Crippen LogP contribution in [0.15, 0.2) is 30.6 Å². The average molecular weight is 185 g/mol. The zero-order valence-electron chi connectivity index (χ0n) is 8.23. The molecule has 0 fully saturated rings. The summed E-state index contributed by atoms with van der Waals surface area (Å²) in [6, 6.07) is 8.35. The normalized spacial score (nSPS) is 11.6. The lowest BCUT2D eigenvalue weighted by Gasteiger charge is -1.94. The van der Waals surface area contributed by atoms with E-state index in [0.29, 0.717) is 0 Å². The minimum atomic E-state index is 1.07. The van der Waals surface area contributed by atoms with Gasteiger partial charge < -0.3 is 4.57 Å². The molecule has 0 saturated heterocycles. The van der Waals surface area contributed by atoms with E-state index in [1.165, 1.54) is 16.7 Å². The van der Waals surface area contributed by atoms with Crippen LogP contribution in [-0.2, 0) is 7.05 Å². The molecule has 0 aliphatic carbocycles. The molecule has 2 aromatic heterocycles. The fraction of sp³-hybridized carbons (Fsp3) is 0.182. The molecular formula is C11H11N3. The van der Waals surface area contributed by atoms with Crippen LogP contribution in [0.2, 0.25) is 0 Å². The van der Waals surface area contributed by atoms with Gasteiger partial charge in [0.2, 0.25) is 0 Å². The summed E-state index contributed by atoms with van der Waals surface area (Å²) < 4.78 is 4.31. The van der Waals surface area contributed by atoms with E-state index in [-0.39, 0.29) is 0 Å². The van der Waals surface area contributed by atoms with Gasteiger partial charge in [-0.25, -0.2) is 4.98 Å². The number of para-hydroxylation sites is 2. The van der Waals surface area contributed by atoms with Crippen molar-refractivity contribution in [3.05, 3.63) is 36.3 Å². The Bertz CT molecular complexity index is 616. The maximum absolute atomic E-state index is 4.31. The van der Waals surface area contributed by atoms with Crippen molar-refractivity contribution < 1.29 is 0 Å². The number of aryl methyl sites for hydroxylation is 2. The average Bonchev–Trinajstić information content (AvgIpc) is 2.70. The first-order valence-electron chi connectivity index (χ1n) is 4.66. The van der Waals surface area contributed by atoms with Crippen LogP contribution in [-0.4, -0.2) is 14.0 Å². The predicted octanol–water partition coefficient (Wildman–Crippen LogP) is 2.13. The van der Waals surface area contributed by atoms with Crippen LogP contribution < -0.4 is 0 Å². The molecule has 14 heavy (non-hydrogen) atoms. The molecule has 0 atom stereocenters. The summed E-state index contributed by atoms with van der Waals surface area (Å²) in [6.45, 7) is 2.04. The van der Waals surface area contributed by atoms with Gasteiger partial charge in [0.1, 0.15) is 12.0 Å². The second-order valence-corrected chi connectivity index (χ2v) is 3.57. The fourth-order valence-corrected chi connectivity index (χ4v) is 2.08. The molecule has 0 spiro atoms. The summed E-state index contributed by atoms with van der Waals surface area (Å²) in [4.78, 5) is 4.31. The van der Waals surface area contributed by atoms with Crippen molar-refractivity contribution >= 4 is 16.7 Å². The Morgan fingerprint density at radius 2 is 1.86 bits per heavy atom. The van der Waals surface area contributed by atoms with Crippen molar-refractivity contribution in [2.24, 2.45) is 7.05 Å². The van der Waals surface area contributed by atoms with E-state index in [2.05, 4.69) is 45.3 Å². The van der Waals surface area contributed by atoms with Gasteiger partial charge in [-0.2, -0.15) is 0 Å². The topological polar surface area (TPSA) is 22.2 Å². The number of imidazole rings is 2. The van der Waals surface area contributed by atoms with Gasteiger partial charge in [-0.1, -0.05) is 12.1 Å². The maximum Gasteiger partial charge on any atom is 0.140 e. The molecule has 3 heteroatoms. The van der Waals surface area contributed by atoms with E-state index < -0.39 is 0 Å². The molecule has 0 aliphatic rings. The third-order valence-electron chi connectivity index (χ3n) is 2.74. The Balaban J connectivity index is 2.69.